The molecule has 0 aliphatic heterocycles. The number of carbonyl (C=O) groups excluding carboxylic acids is 2. The molecule has 19 nitrogen and oxygen atoms in total. The highest BCUT2D eigenvalue weighted by atomic mass is 79.9. The van der Waals surface area contributed by atoms with E-state index in [1.165, 1.54) is 22.0 Å². The Balaban J connectivity index is 0.000000167. The van der Waals surface area contributed by atoms with Crippen molar-refractivity contribution < 1.29 is 29.0 Å². The van der Waals surface area contributed by atoms with Crippen molar-refractivity contribution in [1.29, 1.82) is 0 Å². The molecule has 0 spiro atoms. The van der Waals surface area contributed by atoms with E-state index in [1.54, 1.807) is 34.2 Å². The molecular formula is C47H52BrN13O6. The molecule has 67 heavy (non-hydrogen) atoms. The van der Waals surface area contributed by atoms with Gasteiger partial charge in [-0.1, -0.05) is 104 Å². The second-order valence-corrected chi connectivity index (χ2v) is 17.8. The van der Waals surface area contributed by atoms with Gasteiger partial charge in [0.15, 0.2) is 17.1 Å². The lowest BCUT2D eigenvalue weighted by Crippen LogP contribution is -2.24. The Bertz CT molecular complexity index is 2790. The van der Waals surface area contributed by atoms with E-state index in [9.17, 15) is 14.4 Å². The Morgan fingerprint density at radius 2 is 0.791 bits per heavy atom. The van der Waals surface area contributed by atoms with Crippen LogP contribution in [0.15, 0.2) is 128 Å². The van der Waals surface area contributed by atoms with Gasteiger partial charge in [0, 0.05) is 30.1 Å². The fourth-order valence-corrected chi connectivity index (χ4v) is 6.40. The summed E-state index contributed by atoms with van der Waals surface area (Å²) in [6.45, 7) is 14.0. The molecule has 3 aromatic carbocycles. The summed E-state index contributed by atoms with van der Waals surface area (Å²) in [6, 6.07) is 28.2. The van der Waals surface area contributed by atoms with Crippen LogP contribution in [0.3, 0.4) is 0 Å². The number of ether oxygens (including phenoxy) is 2. The monoisotopic (exact) mass is 973 g/mol. The molecule has 0 amide bonds. The molecular weight excluding hydrogens is 923 g/mol. The highest BCUT2D eigenvalue weighted by molar-refractivity contribution is 9.08. The van der Waals surface area contributed by atoms with Crippen molar-refractivity contribution in [3.8, 4) is 0 Å². The van der Waals surface area contributed by atoms with Crippen LogP contribution in [-0.2, 0) is 47.5 Å². The minimum absolute atomic E-state index is 0.0506. The highest BCUT2D eigenvalue weighted by Gasteiger charge is 2.22. The van der Waals surface area contributed by atoms with Crippen LogP contribution in [0.2, 0.25) is 0 Å². The normalized spacial score (nSPS) is 11.2. The Morgan fingerprint density at radius 1 is 0.493 bits per heavy atom. The molecule has 1 N–H and O–H groups in total. The van der Waals surface area contributed by atoms with Gasteiger partial charge in [0.1, 0.15) is 11.2 Å². The Labute approximate surface area is 395 Å². The fourth-order valence-electron chi connectivity index (χ4n) is 6.03. The maximum Gasteiger partial charge on any atom is 0.361 e. The first-order valence-corrected chi connectivity index (χ1v) is 22.2. The number of alkyl halides is 1. The van der Waals surface area contributed by atoms with E-state index in [2.05, 4.69) is 81.3 Å². The first-order chi connectivity index (χ1) is 32.0. The third-order valence-electron chi connectivity index (χ3n) is 9.12. The van der Waals surface area contributed by atoms with Crippen LogP contribution in [0, 0.1) is 0 Å². The van der Waals surface area contributed by atoms with Crippen molar-refractivity contribution in [2.45, 2.75) is 90.8 Å². The number of nitrogens with zero attached hydrogens (tertiary/aromatic N) is 13. The maximum atomic E-state index is 12.0. The number of carboxylic acids is 1. The minimum Gasteiger partial charge on any atom is -0.476 e. The van der Waals surface area contributed by atoms with Crippen LogP contribution in [0.1, 0.15) is 106 Å². The van der Waals surface area contributed by atoms with Crippen LogP contribution in [-0.4, -0.2) is 98.8 Å². The molecule has 0 bridgehead atoms. The number of benzene rings is 3. The summed E-state index contributed by atoms with van der Waals surface area (Å²) in [4.78, 5) is 34.6. The number of carboxylic acid groups (broad SMARTS) is 1. The Kier molecular flexibility index (Phi) is 16.4. The molecule has 0 fully saturated rings. The molecule has 348 valence electrons. The van der Waals surface area contributed by atoms with Crippen LogP contribution in [0.4, 0.5) is 0 Å². The van der Waals surface area contributed by atoms with Gasteiger partial charge in [-0.2, -0.15) is 10.2 Å². The third kappa shape index (κ3) is 16.1. The summed E-state index contributed by atoms with van der Waals surface area (Å²) < 4.78 is 19.0. The number of hydrogen-bond donors (Lipinski definition) is 1. The van der Waals surface area contributed by atoms with E-state index < -0.39 is 29.1 Å². The van der Waals surface area contributed by atoms with E-state index >= 15 is 0 Å². The van der Waals surface area contributed by atoms with E-state index in [4.69, 9.17) is 14.6 Å². The van der Waals surface area contributed by atoms with Crippen LogP contribution in [0.5, 0.6) is 0 Å². The van der Waals surface area contributed by atoms with Crippen LogP contribution >= 0.6 is 15.9 Å². The second kappa shape index (κ2) is 22.5. The second-order valence-electron chi connectivity index (χ2n) is 17.2. The topological polar surface area (TPSA) is 218 Å². The molecule has 0 aliphatic carbocycles. The van der Waals surface area contributed by atoms with Crippen LogP contribution < -0.4 is 0 Å². The molecule has 0 atom stereocenters. The average molecular weight is 975 g/mol. The highest BCUT2D eigenvalue weighted by Crippen LogP contribution is 2.14. The molecule has 8 aromatic rings. The molecule has 8 rings (SSSR count). The number of aromatic nitrogens is 13. The zero-order chi connectivity index (χ0) is 48.0. The Hall–Kier alpha value is -7.61. The third-order valence-corrected chi connectivity index (χ3v) is 9.76. The molecule has 0 saturated carbocycles. The lowest BCUT2D eigenvalue weighted by molar-refractivity contribution is 0.00503. The van der Waals surface area contributed by atoms with Crippen molar-refractivity contribution in [3.63, 3.8) is 0 Å². The minimum atomic E-state index is -1.07. The fraction of sp³-hybridized carbons (Fsp3) is 0.298. The van der Waals surface area contributed by atoms with Crippen molar-refractivity contribution >= 4 is 33.8 Å². The summed E-state index contributed by atoms with van der Waals surface area (Å²) >= 11 is 3.41. The maximum absolute atomic E-state index is 12.0. The summed E-state index contributed by atoms with van der Waals surface area (Å²) in [6.07, 6.45) is 12.0. The number of aromatic carboxylic acids is 1. The van der Waals surface area contributed by atoms with Crippen LogP contribution in [0.25, 0.3) is 0 Å². The van der Waals surface area contributed by atoms with Crippen molar-refractivity contribution in [1.82, 2.24) is 64.5 Å². The zero-order valence-electron chi connectivity index (χ0n) is 38.0. The van der Waals surface area contributed by atoms with Gasteiger partial charge in [-0.25, -0.2) is 28.4 Å². The molecule has 20 heteroatoms. The van der Waals surface area contributed by atoms with E-state index in [-0.39, 0.29) is 17.1 Å². The first kappa shape index (κ1) is 48.8. The number of esters is 2. The standard InChI is InChI=1S/C18H21N5O2.C15H18BrN3O2.C14H13N5O2/c1-18(2,3)25-17(24)16-13-23(21-20-16)12-15-7-5-14(6-8-15)11-22-10-4-9-19-22;1-15(2,3)21-14(20)13-10-19(18-17-13)9-12-6-4-11(8-16)5-7-12;20-14(21)13-10-19(17-16-13)9-12-4-2-11(3-5-12)8-18-7-1-6-15-18/h4-10,13H,11-12H2,1-3H3;4-7,10H,8-9H2,1-3H3;1-7,10H,8-9H2,(H,20,21). The van der Waals surface area contributed by atoms with E-state index in [0.717, 1.165) is 40.7 Å². The van der Waals surface area contributed by atoms with Gasteiger partial charge < -0.3 is 14.6 Å². The van der Waals surface area contributed by atoms with Gasteiger partial charge in [-0.3, -0.25) is 9.36 Å². The summed E-state index contributed by atoms with van der Waals surface area (Å²) in [5.41, 5.74) is 6.03. The summed E-state index contributed by atoms with van der Waals surface area (Å²) in [7, 11) is 0. The predicted molar refractivity (Wildman–Crippen MR) is 249 cm³/mol. The lowest BCUT2D eigenvalue weighted by atomic mass is 10.1. The van der Waals surface area contributed by atoms with Gasteiger partial charge in [0.05, 0.1) is 51.3 Å². The van der Waals surface area contributed by atoms with Gasteiger partial charge >= 0.3 is 17.9 Å². The number of rotatable bonds is 14. The summed E-state index contributed by atoms with van der Waals surface area (Å²) in [5.74, 6) is -1.99. The first-order valence-electron chi connectivity index (χ1n) is 21.1. The van der Waals surface area contributed by atoms with Crippen molar-refractivity contribution in [2.75, 3.05) is 0 Å². The van der Waals surface area contributed by atoms with E-state index in [1.807, 2.05) is 124 Å². The lowest BCUT2D eigenvalue weighted by Gasteiger charge is -2.18. The smallest absolute Gasteiger partial charge is 0.361 e. The van der Waals surface area contributed by atoms with Crippen molar-refractivity contribution in [2.24, 2.45) is 0 Å². The number of hydrogen-bond acceptors (Lipinski definition) is 13. The van der Waals surface area contributed by atoms with Gasteiger partial charge in [-0.05, 0) is 87.1 Å². The SMILES string of the molecule is CC(C)(C)OC(=O)c1cn(Cc2ccc(CBr)cc2)nn1.CC(C)(C)OC(=O)c1cn(Cc2ccc(Cn3cccn3)cc2)nn1.O=C(O)c1cn(Cc2ccc(Cn3cccn3)cc2)nn1. The number of halogens is 1. The predicted octanol–water partition coefficient (Wildman–Crippen LogP) is 6.97. The molecule has 5 aromatic heterocycles. The average Bonchev–Trinajstić information content (AvgIpc) is 4.14. The quantitative estimate of drug-likeness (QED) is 0.0860. The van der Waals surface area contributed by atoms with E-state index in [0.29, 0.717) is 19.6 Å². The molecule has 0 radical (unpaired) electrons. The van der Waals surface area contributed by atoms with Gasteiger partial charge in [-0.15, -0.1) is 15.3 Å². The Morgan fingerprint density at radius 3 is 1.06 bits per heavy atom. The van der Waals surface area contributed by atoms with Gasteiger partial charge in [0.25, 0.3) is 0 Å². The van der Waals surface area contributed by atoms with Gasteiger partial charge in [0.2, 0.25) is 0 Å². The summed E-state index contributed by atoms with van der Waals surface area (Å²) in [5, 5.41) is 41.1. The number of carbonyl (C=O) groups is 3. The van der Waals surface area contributed by atoms with Crippen molar-refractivity contribution in [3.05, 3.63) is 179 Å². The molecule has 0 saturated heterocycles. The molecule has 5 heterocycles. The molecule has 0 unspecified atom stereocenters. The zero-order valence-corrected chi connectivity index (χ0v) is 39.6. The largest absolute Gasteiger partial charge is 0.476 e. The molecule has 0 aliphatic rings.